The molecule has 110 valence electrons. The summed E-state index contributed by atoms with van der Waals surface area (Å²) in [4.78, 5) is 22.7. The first-order valence-electron chi connectivity index (χ1n) is 7.08. The Bertz CT molecular complexity index is 302. The van der Waals surface area contributed by atoms with Crippen LogP contribution in [0.5, 0.6) is 0 Å². The topological polar surface area (TPSA) is 104 Å². The second kappa shape index (κ2) is 8.12. The predicted molar refractivity (Wildman–Crippen MR) is 71.4 cm³/mol. The number of nitrogens with one attached hydrogen (secondary N) is 2. The van der Waals surface area contributed by atoms with E-state index < -0.39 is 5.54 Å². The van der Waals surface area contributed by atoms with Crippen molar-refractivity contribution in [3.05, 3.63) is 0 Å². The SMILES string of the molecule is NC1(C(=O)NCCCCCC(=O)NO)CCCCC1. The molecule has 0 heterocycles. The molecule has 2 amide bonds. The van der Waals surface area contributed by atoms with Crippen LogP contribution >= 0.6 is 0 Å². The Morgan fingerprint density at radius 3 is 2.42 bits per heavy atom. The Morgan fingerprint density at radius 2 is 1.79 bits per heavy atom. The summed E-state index contributed by atoms with van der Waals surface area (Å²) in [6.07, 6.45) is 7.44. The molecule has 6 nitrogen and oxygen atoms in total. The monoisotopic (exact) mass is 271 g/mol. The van der Waals surface area contributed by atoms with Gasteiger partial charge in [0.25, 0.3) is 0 Å². The number of hydroxylamine groups is 1. The van der Waals surface area contributed by atoms with Crippen LogP contribution in [0, 0.1) is 0 Å². The first kappa shape index (κ1) is 15.9. The van der Waals surface area contributed by atoms with E-state index in [-0.39, 0.29) is 11.8 Å². The molecule has 6 heteroatoms. The van der Waals surface area contributed by atoms with Crippen molar-refractivity contribution in [2.24, 2.45) is 5.73 Å². The van der Waals surface area contributed by atoms with Crippen molar-refractivity contribution < 1.29 is 14.8 Å². The third-order valence-electron chi connectivity index (χ3n) is 3.69. The van der Waals surface area contributed by atoms with E-state index >= 15 is 0 Å². The number of carbonyl (C=O) groups is 2. The fourth-order valence-corrected chi connectivity index (χ4v) is 2.43. The maximum Gasteiger partial charge on any atom is 0.243 e. The van der Waals surface area contributed by atoms with Crippen molar-refractivity contribution in [3.8, 4) is 0 Å². The first-order valence-corrected chi connectivity index (χ1v) is 7.08. The summed E-state index contributed by atoms with van der Waals surface area (Å²) >= 11 is 0. The fraction of sp³-hybridized carbons (Fsp3) is 0.846. The zero-order valence-electron chi connectivity index (χ0n) is 11.4. The van der Waals surface area contributed by atoms with Crippen molar-refractivity contribution in [1.29, 1.82) is 0 Å². The summed E-state index contributed by atoms with van der Waals surface area (Å²) < 4.78 is 0. The molecule has 1 saturated carbocycles. The van der Waals surface area contributed by atoms with Crippen LogP contribution in [0.4, 0.5) is 0 Å². The van der Waals surface area contributed by atoms with Gasteiger partial charge in [0.1, 0.15) is 0 Å². The number of carbonyl (C=O) groups excluding carboxylic acids is 2. The molecule has 0 spiro atoms. The molecular weight excluding hydrogens is 246 g/mol. The number of hydrogen-bond donors (Lipinski definition) is 4. The van der Waals surface area contributed by atoms with Gasteiger partial charge in [-0.25, -0.2) is 5.48 Å². The van der Waals surface area contributed by atoms with Crippen LogP contribution in [-0.2, 0) is 9.59 Å². The van der Waals surface area contributed by atoms with Gasteiger partial charge in [-0.1, -0.05) is 25.7 Å². The van der Waals surface area contributed by atoms with Crippen LogP contribution in [0.2, 0.25) is 0 Å². The first-order chi connectivity index (χ1) is 9.08. The minimum absolute atomic E-state index is 0.0414. The molecule has 1 fully saturated rings. The Labute approximate surface area is 114 Å². The van der Waals surface area contributed by atoms with Crippen molar-refractivity contribution >= 4 is 11.8 Å². The summed E-state index contributed by atoms with van der Waals surface area (Å²) in [7, 11) is 0. The highest BCUT2D eigenvalue weighted by atomic mass is 16.5. The van der Waals surface area contributed by atoms with Gasteiger partial charge in [-0.3, -0.25) is 14.8 Å². The number of hydrogen-bond acceptors (Lipinski definition) is 4. The summed E-state index contributed by atoms with van der Waals surface area (Å²) in [5.74, 6) is -0.410. The van der Waals surface area contributed by atoms with Gasteiger partial charge >= 0.3 is 0 Å². The normalized spacial score (nSPS) is 17.8. The lowest BCUT2D eigenvalue weighted by Crippen LogP contribution is -2.55. The van der Waals surface area contributed by atoms with Crippen LogP contribution in [0.15, 0.2) is 0 Å². The Kier molecular flexibility index (Phi) is 6.80. The molecule has 1 rings (SSSR count). The third kappa shape index (κ3) is 5.57. The molecule has 0 aromatic rings. The van der Waals surface area contributed by atoms with E-state index in [4.69, 9.17) is 10.9 Å². The molecule has 0 radical (unpaired) electrons. The standard InChI is InChI=1S/C13H25N3O3/c14-13(8-4-2-5-9-13)12(18)15-10-6-1-3-7-11(17)16-19/h19H,1-10,14H2,(H,15,18)(H,16,17). The van der Waals surface area contributed by atoms with E-state index in [1.807, 2.05) is 0 Å². The maximum absolute atomic E-state index is 12.0. The van der Waals surface area contributed by atoms with Crippen LogP contribution < -0.4 is 16.5 Å². The van der Waals surface area contributed by atoms with Gasteiger partial charge < -0.3 is 11.1 Å². The Morgan fingerprint density at radius 1 is 1.11 bits per heavy atom. The van der Waals surface area contributed by atoms with Gasteiger partial charge in [-0.15, -0.1) is 0 Å². The van der Waals surface area contributed by atoms with Crippen molar-refractivity contribution in [1.82, 2.24) is 10.8 Å². The van der Waals surface area contributed by atoms with Crippen molar-refractivity contribution in [2.45, 2.75) is 63.3 Å². The Balaban J connectivity index is 2.08. The predicted octanol–water partition coefficient (Wildman–Crippen LogP) is 0.830. The maximum atomic E-state index is 12.0. The van der Waals surface area contributed by atoms with Gasteiger partial charge in [0.05, 0.1) is 5.54 Å². The number of rotatable bonds is 7. The highest BCUT2D eigenvalue weighted by Gasteiger charge is 2.34. The quantitative estimate of drug-likeness (QED) is 0.313. The third-order valence-corrected chi connectivity index (χ3v) is 3.69. The molecule has 0 aromatic carbocycles. The van der Waals surface area contributed by atoms with Crippen molar-refractivity contribution in [3.63, 3.8) is 0 Å². The Hall–Kier alpha value is -1.14. The average molecular weight is 271 g/mol. The number of amides is 2. The van der Waals surface area contributed by atoms with Crippen LogP contribution in [0.1, 0.15) is 57.8 Å². The van der Waals surface area contributed by atoms with Gasteiger partial charge in [0, 0.05) is 13.0 Å². The smallest absolute Gasteiger partial charge is 0.243 e. The zero-order chi connectivity index (χ0) is 14.1. The van der Waals surface area contributed by atoms with Crippen molar-refractivity contribution in [2.75, 3.05) is 6.54 Å². The zero-order valence-corrected chi connectivity index (χ0v) is 11.4. The summed E-state index contributed by atoms with van der Waals surface area (Å²) in [5, 5.41) is 11.2. The molecule has 0 unspecified atom stereocenters. The molecule has 0 saturated heterocycles. The number of nitrogens with two attached hydrogens (primary N) is 1. The number of unbranched alkanes of at least 4 members (excludes halogenated alkanes) is 2. The molecule has 0 aliphatic heterocycles. The molecule has 0 aromatic heterocycles. The highest BCUT2D eigenvalue weighted by molar-refractivity contribution is 5.86. The van der Waals surface area contributed by atoms with E-state index in [9.17, 15) is 9.59 Å². The lowest BCUT2D eigenvalue weighted by atomic mass is 9.82. The molecule has 0 atom stereocenters. The highest BCUT2D eigenvalue weighted by Crippen LogP contribution is 2.25. The molecule has 1 aliphatic rings. The van der Waals surface area contributed by atoms with E-state index in [0.29, 0.717) is 19.4 Å². The van der Waals surface area contributed by atoms with Gasteiger partial charge in [-0.05, 0) is 25.7 Å². The molecule has 19 heavy (non-hydrogen) atoms. The molecule has 0 bridgehead atoms. The van der Waals surface area contributed by atoms with E-state index in [1.165, 1.54) is 6.42 Å². The summed E-state index contributed by atoms with van der Waals surface area (Å²) in [6.45, 7) is 0.596. The lowest BCUT2D eigenvalue weighted by Gasteiger charge is -2.31. The van der Waals surface area contributed by atoms with Gasteiger partial charge in [0.2, 0.25) is 11.8 Å². The second-order valence-corrected chi connectivity index (χ2v) is 5.32. The molecular formula is C13H25N3O3. The average Bonchev–Trinajstić information content (AvgIpc) is 2.42. The molecule has 5 N–H and O–H groups in total. The van der Waals surface area contributed by atoms with E-state index in [2.05, 4.69) is 5.32 Å². The molecule has 1 aliphatic carbocycles. The second-order valence-electron chi connectivity index (χ2n) is 5.32. The van der Waals surface area contributed by atoms with Crippen LogP contribution in [0.3, 0.4) is 0 Å². The fourth-order valence-electron chi connectivity index (χ4n) is 2.43. The largest absolute Gasteiger partial charge is 0.355 e. The van der Waals surface area contributed by atoms with E-state index in [0.717, 1.165) is 38.5 Å². The summed E-state index contributed by atoms with van der Waals surface area (Å²) in [5.41, 5.74) is 7.03. The minimum atomic E-state index is -0.672. The lowest BCUT2D eigenvalue weighted by molar-refractivity contribution is -0.129. The van der Waals surface area contributed by atoms with Crippen LogP contribution in [-0.4, -0.2) is 29.1 Å². The van der Waals surface area contributed by atoms with Gasteiger partial charge in [-0.2, -0.15) is 0 Å². The minimum Gasteiger partial charge on any atom is -0.355 e. The van der Waals surface area contributed by atoms with Gasteiger partial charge in [0.15, 0.2) is 0 Å². The van der Waals surface area contributed by atoms with Crippen LogP contribution in [0.25, 0.3) is 0 Å². The summed E-state index contributed by atoms with van der Waals surface area (Å²) in [6, 6.07) is 0. The van der Waals surface area contributed by atoms with E-state index in [1.54, 1.807) is 5.48 Å².